The van der Waals surface area contributed by atoms with Crippen LogP contribution in [-0.2, 0) is 5.41 Å². The summed E-state index contributed by atoms with van der Waals surface area (Å²) in [6.45, 7) is 0. The molecule has 0 atom stereocenters. The van der Waals surface area contributed by atoms with Gasteiger partial charge in [0.1, 0.15) is 0 Å². The first-order valence-electron chi connectivity index (χ1n) is 14.9. The van der Waals surface area contributed by atoms with E-state index in [4.69, 9.17) is 0 Å². The average molecular weight is 564 g/mol. The molecule has 206 valence electrons. The smallest absolute Gasteiger partial charge is 0.258 e. The summed E-state index contributed by atoms with van der Waals surface area (Å²) in [4.78, 5) is 12.0. The molecule has 0 aliphatic heterocycles. The van der Waals surface area contributed by atoms with Crippen LogP contribution in [0, 0.1) is 10.1 Å². The molecule has 3 nitrogen and oxygen atoms in total. The van der Waals surface area contributed by atoms with Crippen molar-refractivity contribution in [1.82, 2.24) is 0 Å². The Bertz CT molecular complexity index is 2270. The Morgan fingerprint density at radius 1 is 0.432 bits per heavy atom. The largest absolute Gasteiger partial charge is 0.277 e. The summed E-state index contributed by atoms with van der Waals surface area (Å²) in [5, 5.41) is 14.4. The van der Waals surface area contributed by atoms with Crippen LogP contribution in [0.2, 0.25) is 0 Å². The number of benzene rings is 7. The van der Waals surface area contributed by atoms with Gasteiger partial charge >= 0.3 is 0 Å². The standard InChI is InChI=1S/C41H25NO2/c43-42(44)39-21-11-8-17-31(39)34-25-38-40(32-18-5-4-14-28(32)34)33-23-22-27(26-12-2-1-3-13-26)24-37(33)41(38)35-19-9-6-15-29(35)30-16-7-10-20-36(30)41/h1-25H. The topological polar surface area (TPSA) is 43.1 Å². The first-order valence-corrected chi connectivity index (χ1v) is 14.9. The highest BCUT2D eigenvalue weighted by Crippen LogP contribution is 2.64. The summed E-state index contributed by atoms with van der Waals surface area (Å²) in [6.07, 6.45) is 0. The van der Waals surface area contributed by atoms with Crippen LogP contribution < -0.4 is 0 Å². The summed E-state index contributed by atoms with van der Waals surface area (Å²) in [7, 11) is 0. The molecule has 0 bridgehead atoms. The third-order valence-corrected chi connectivity index (χ3v) is 9.59. The highest BCUT2D eigenvalue weighted by Gasteiger charge is 2.52. The second-order valence-electron chi connectivity index (χ2n) is 11.6. The van der Waals surface area contributed by atoms with Gasteiger partial charge < -0.3 is 0 Å². The number of nitrogens with zero attached hydrogens (tertiary/aromatic N) is 1. The Morgan fingerprint density at radius 2 is 1.02 bits per heavy atom. The van der Waals surface area contributed by atoms with Gasteiger partial charge in [-0.15, -0.1) is 0 Å². The molecule has 2 aliphatic carbocycles. The van der Waals surface area contributed by atoms with Gasteiger partial charge in [0.05, 0.1) is 15.9 Å². The molecular weight excluding hydrogens is 538 g/mol. The Kier molecular flexibility index (Phi) is 5.12. The molecular formula is C41H25NO2. The van der Waals surface area contributed by atoms with Crippen LogP contribution in [0.25, 0.3) is 55.3 Å². The fourth-order valence-electron chi connectivity index (χ4n) is 7.89. The number of rotatable bonds is 3. The first-order chi connectivity index (χ1) is 21.7. The van der Waals surface area contributed by atoms with Gasteiger partial charge in [0.25, 0.3) is 5.69 Å². The van der Waals surface area contributed by atoms with Crippen LogP contribution in [0.1, 0.15) is 22.3 Å². The molecule has 0 saturated heterocycles. The van der Waals surface area contributed by atoms with Crippen LogP contribution >= 0.6 is 0 Å². The minimum Gasteiger partial charge on any atom is -0.258 e. The first kappa shape index (κ1) is 24.8. The zero-order chi connectivity index (χ0) is 29.4. The van der Waals surface area contributed by atoms with Crippen molar-refractivity contribution in [1.29, 1.82) is 0 Å². The summed E-state index contributed by atoms with van der Waals surface area (Å²) in [5.74, 6) is 0. The fourth-order valence-corrected chi connectivity index (χ4v) is 7.89. The van der Waals surface area contributed by atoms with Crippen molar-refractivity contribution in [3.63, 3.8) is 0 Å². The molecule has 0 amide bonds. The normalized spacial score (nSPS) is 13.4. The molecule has 0 saturated carbocycles. The number of nitro benzene ring substituents is 1. The molecule has 0 fully saturated rings. The van der Waals surface area contributed by atoms with Crippen molar-refractivity contribution in [2.75, 3.05) is 0 Å². The minimum atomic E-state index is -0.578. The highest BCUT2D eigenvalue weighted by molar-refractivity contribution is 6.12. The van der Waals surface area contributed by atoms with E-state index in [1.807, 2.05) is 24.3 Å². The van der Waals surface area contributed by atoms with E-state index in [1.54, 1.807) is 12.1 Å². The molecule has 9 rings (SSSR count). The second-order valence-corrected chi connectivity index (χ2v) is 11.6. The SMILES string of the molecule is O=[N+]([O-])c1ccccc1-c1cc2c(c3ccccc13)-c1ccc(-c3ccccc3)cc1C21c2ccccc2-c2ccccc21. The van der Waals surface area contributed by atoms with Crippen molar-refractivity contribution in [2.45, 2.75) is 5.41 Å². The molecule has 44 heavy (non-hydrogen) atoms. The maximum Gasteiger partial charge on any atom is 0.277 e. The molecule has 2 aliphatic rings. The Balaban J connectivity index is 1.48. The Labute approximate surface area is 254 Å². The average Bonchev–Trinajstić information content (AvgIpc) is 3.55. The van der Waals surface area contributed by atoms with Crippen LogP contribution in [0.3, 0.4) is 0 Å². The van der Waals surface area contributed by atoms with Gasteiger partial charge in [0.2, 0.25) is 0 Å². The predicted molar refractivity (Wildman–Crippen MR) is 178 cm³/mol. The van der Waals surface area contributed by atoms with E-state index in [-0.39, 0.29) is 10.6 Å². The number of fused-ring (bicyclic) bond motifs is 12. The minimum absolute atomic E-state index is 0.112. The van der Waals surface area contributed by atoms with E-state index in [2.05, 4.69) is 115 Å². The highest BCUT2D eigenvalue weighted by atomic mass is 16.6. The lowest BCUT2D eigenvalue weighted by molar-refractivity contribution is -0.384. The molecule has 7 aromatic carbocycles. The molecule has 0 unspecified atom stereocenters. The van der Waals surface area contributed by atoms with Crippen LogP contribution in [-0.4, -0.2) is 4.92 Å². The molecule has 7 aromatic rings. The number of hydrogen-bond donors (Lipinski definition) is 0. The second kappa shape index (κ2) is 9.10. The number of nitro groups is 1. The predicted octanol–water partition coefficient (Wildman–Crippen LogP) is 10.4. The van der Waals surface area contributed by atoms with Gasteiger partial charge in [-0.05, 0) is 90.2 Å². The van der Waals surface area contributed by atoms with Crippen LogP contribution in [0.15, 0.2) is 152 Å². The monoisotopic (exact) mass is 563 g/mol. The maximum absolute atomic E-state index is 12.3. The van der Waals surface area contributed by atoms with Crippen LogP contribution in [0.4, 0.5) is 5.69 Å². The van der Waals surface area contributed by atoms with Gasteiger partial charge in [0.15, 0.2) is 0 Å². The van der Waals surface area contributed by atoms with Crippen molar-refractivity contribution in [3.8, 4) is 44.5 Å². The van der Waals surface area contributed by atoms with E-state index >= 15 is 0 Å². The lowest BCUT2D eigenvalue weighted by atomic mass is 9.69. The maximum atomic E-state index is 12.3. The van der Waals surface area contributed by atoms with E-state index in [0.717, 1.165) is 16.3 Å². The molecule has 3 heteroatoms. The lowest BCUT2D eigenvalue weighted by Gasteiger charge is -2.31. The summed E-state index contributed by atoms with van der Waals surface area (Å²) >= 11 is 0. The Morgan fingerprint density at radius 3 is 1.73 bits per heavy atom. The molecule has 1 spiro atoms. The third-order valence-electron chi connectivity index (χ3n) is 9.59. The van der Waals surface area contributed by atoms with Gasteiger partial charge in [-0.2, -0.15) is 0 Å². The number of hydrogen-bond acceptors (Lipinski definition) is 2. The van der Waals surface area contributed by atoms with E-state index < -0.39 is 5.41 Å². The molecule has 0 N–H and O–H groups in total. The van der Waals surface area contributed by atoms with Crippen molar-refractivity contribution < 1.29 is 4.92 Å². The lowest BCUT2D eigenvalue weighted by Crippen LogP contribution is -2.26. The van der Waals surface area contributed by atoms with E-state index in [9.17, 15) is 10.1 Å². The van der Waals surface area contributed by atoms with Gasteiger partial charge in [0, 0.05) is 6.07 Å². The molecule has 0 radical (unpaired) electrons. The zero-order valence-corrected chi connectivity index (χ0v) is 23.7. The molecule has 0 heterocycles. The van der Waals surface area contributed by atoms with Crippen molar-refractivity contribution in [2.24, 2.45) is 0 Å². The third kappa shape index (κ3) is 3.16. The van der Waals surface area contributed by atoms with Gasteiger partial charge in [-0.3, -0.25) is 10.1 Å². The quantitative estimate of drug-likeness (QED) is 0.159. The fraction of sp³-hybridized carbons (Fsp3) is 0.0244. The Hall–Kier alpha value is -5.80. The van der Waals surface area contributed by atoms with Gasteiger partial charge in [-0.25, -0.2) is 0 Å². The number of para-hydroxylation sites is 1. The van der Waals surface area contributed by atoms with Crippen molar-refractivity contribution in [3.05, 3.63) is 184 Å². The van der Waals surface area contributed by atoms with E-state index in [1.165, 1.54) is 55.6 Å². The van der Waals surface area contributed by atoms with Gasteiger partial charge in [-0.1, -0.05) is 127 Å². The van der Waals surface area contributed by atoms with Crippen LogP contribution in [0.5, 0.6) is 0 Å². The summed E-state index contributed by atoms with van der Waals surface area (Å²) in [5.41, 5.74) is 13.2. The summed E-state index contributed by atoms with van der Waals surface area (Å²) in [6, 6.07) is 52.7. The van der Waals surface area contributed by atoms with E-state index in [0.29, 0.717) is 5.56 Å². The molecule has 0 aromatic heterocycles. The summed E-state index contributed by atoms with van der Waals surface area (Å²) < 4.78 is 0. The van der Waals surface area contributed by atoms with Crippen molar-refractivity contribution >= 4 is 16.5 Å². The zero-order valence-electron chi connectivity index (χ0n) is 23.7.